The summed E-state index contributed by atoms with van der Waals surface area (Å²) in [5.41, 5.74) is 2.18. The van der Waals surface area contributed by atoms with Gasteiger partial charge in [-0.15, -0.1) is 0 Å². The summed E-state index contributed by atoms with van der Waals surface area (Å²) in [6.45, 7) is 6.58. The average Bonchev–Trinajstić information content (AvgIpc) is 2.14. The first-order valence-electron chi connectivity index (χ1n) is 5.17. The molecule has 2 rings (SSSR count). The smallest absolute Gasteiger partial charge is 0.123 e. The number of nitrogens with one attached hydrogen (secondary N) is 1. The van der Waals surface area contributed by atoms with Gasteiger partial charge in [-0.2, -0.15) is 0 Å². The number of hydrogen-bond donors (Lipinski definition) is 1. The molecule has 0 aromatic heterocycles. The molecule has 0 spiro atoms. The van der Waals surface area contributed by atoms with Gasteiger partial charge in [0.05, 0.1) is 13.2 Å². The fraction of sp³-hybridized carbons (Fsp3) is 0.500. The first-order chi connectivity index (χ1) is 7.09. The zero-order chi connectivity index (χ0) is 10.9. The van der Waals surface area contributed by atoms with Crippen LogP contribution in [0.1, 0.15) is 12.5 Å². The molecule has 1 fully saturated rings. The standard InChI is InChI=1S/C12H16FNO/c1-9-5-10(13)3-4-11(9)14-6-12(2)7-15-8-12/h3-5,14H,6-8H2,1-2H3. The van der Waals surface area contributed by atoms with Crippen molar-refractivity contribution in [2.45, 2.75) is 13.8 Å². The van der Waals surface area contributed by atoms with Gasteiger partial charge >= 0.3 is 0 Å². The largest absolute Gasteiger partial charge is 0.384 e. The molecule has 1 aromatic carbocycles. The SMILES string of the molecule is Cc1cc(F)ccc1NCC1(C)COC1. The molecule has 0 atom stereocenters. The van der Waals surface area contributed by atoms with Crippen molar-refractivity contribution in [3.8, 4) is 0 Å². The van der Waals surface area contributed by atoms with Crippen LogP contribution in [-0.2, 0) is 4.74 Å². The number of halogens is 1. The van der Waals surface area contributed by atoms with E-state index < -0.39 is 0 Å². The van der Waals surface area contributed by atoms with E-state index in [2.05, 4.69) is 12.2 Å². The van der Waals surface area contributed by atoms with Crippen LogP contribution in [0.15, 0.2) is 18.2 Å². The molecule has 0 aliphatic carbocycles. The summed E-state index contributed by atoms with van der Waals surface area (Å²) in [6.07, 6.45) is 0. The van der Waals surface area contributed by atoms with E-state index in [9.17, 15) is 4.39 Å². The molecule has 1 aliphatic rings. The molecule has 0 saturated carbocycles. The molecule has 1 aliphatic heterocycles. The molecule has 82 valence electrons. The number of hydrogen-bond acceptors (Lipinski definition) is 2. The number of ether oxygens (including phenoxy) is 1. The number of benzene rings is 1. The lowest BCUT2D eigenvalue weighted by Crippen LogP contribution is -2.45. The van der Waals surface area contributed by atoms with Crippen LogP contribution in [0.5, 0.6) is 0 Å². The van der Waals surface area contributed by atoms with E-state index in [1.165, 1.54) is 6.07 Å². The molecule has 1 saturated heterocycles. The maximum atomic E-state index is 12.9. The maximum absolute atomic E-state index is 12.9. The second-order valence-electron chi connectivity index (χ2n) is 4.62. The summed E-state index contributed by atoms with van der Waals surface area (Å²) < 4.78 is 18.0. The molecule has 0 amide bonds. The highest BCUT2D eigenvalue weighted by atomic mass is 19.1. The molecule has 0 unspecified atom stereocenters. The highest BCUT2D eigenvalue weighted by molar-refractivity contribution is 5.50. The Balaban J connectivity index is 1.98. The summed E-state index contributed by atoms with van der Waals surface area (Å²) in [5.74, 6) is -0.184. The topological polar surface area (TPSA) is 21.3 Å². The van der Waals surface area contributed by atoms with Gasteiger partial charge in [-0.1, -0.05) is 6.92 Å². The summed E-state index contributed by atoms with van der Waals surface area (Å²) >= 11 is 0. The van der Waals surface area contributed by atoms with Crippen molar-refractivity contribution in [3.63, 3.8) is 0 Å². The van der Waals surface area contributed by atoms with Gasteiger partial charge < -0.3 is 10.1 Å². The third-order valence-electron chi connectivity index (χ3n) is 2.80. The summed E-state index contributed by atoms with van der Waals surface area (Å²) in [5, 5.41) is 3.34. The molecule has 0 radical (unpaired) electrons. The summed E-state index contributed by atoms with van der Waals surface area (Å²) in [4.78, 5) is 0. The van der Waals surface area contributed by atoms with Crippen molar-refractivity contribution in [2.75, 3.05) is 25.1 Å². The zero-order valence-corrected chi connectivity index (χ0v) is 9.14. The van der Waals surface area contributed by atoms with Crippen LogP contribution in [0.4, 0.5) is 10.1 Å². The van der Waals surface area contributed by atoms with Gasteiger partial charge in [0.15, 0.2) is 0 Å². The Morgan fingerprint density at radius 3 is 2.73 bits per heavy atom. The van der Waals surface area contributed by atoms with Crippen LogP contribution in [0.25, 0.3) is 0 Å². The maximum Gasteiger partial charge on any atom is 0.123 e. The van der Waals surface area contributed by atoms with Crippen molar-refractivity contribution in [1.82, 2.24) is 0 Å². The highest BCUT2D eigenvalue weighted by Crippen LogP contribution is 2.27. The second-order valence-corrected chi connectivity index (χ2v) is 4.62. The first-order valence-corrected chi connectivity index (χ1v) is 5.17. The van der Waals surface area contributed by atoms with Crippen LogP contribution < -0.4 is 5.32 Å². The number of anilines is 1. The van der Waals surface area contributed by atoms with Gasteiger partial charge in [0.1, 0.15) is 5.82 Å². The Hall–Kier alpha value is -1.09. The molecule has 3 heteroatoms. The van der Waals surface area contributed by atoms with Gasteiger partial charge in [0, 0.05) is 17.6 Å². The highest BCUT2D eigenvalue weighted by Gasteiger charge is 2.32. The lowest BCUT2D eigenvalue weighted by Gasteiger charge is -2.38. The van der Waals surface area contributed by atoms with Crippen LogP contribution >= 0.6 is 0 Å². The molecule has 1 N–H and O–H groups in total. The van der Waals surface area contributed by atoms with Gasteiger partial charge in [0.2, 0.25) is 0 Å². The zero-order valence-electron chi connectivity index (χ0n) is 9.14. The van der Waals surface area contributed by atoms with E-state index in [1.54, 1.807) is 12.1 Å². The molecular formula is C12H16FNO. The van der Waals surface area contributed by atoms with Crippen LogP contribution in [0, 0.1) is 18.2 Å². The molecule has 15 heavy (non-hydrogen) atoms. The number of aryl methyl sites for hydroxylation is 1. The van der Waals surface area contributed by atoms with E-state index in [0.717, 1.165) is 31.0 Å². The molecule has 1 heterocycles. The minimum absolute atomic E-state index is 0.184. The fourth-order valence-corrected chi connectivity index (χ4v) is 1.69. The quantitative estimate of drug-likeness (QED) is 0.826. The van der Waals surface area contributed by atoms with Crippen molar-refractivity contribution in [2.24, 2.45) is 5.41 Å². The Bertz CT molecular complexity index is 361. The van der Waals surface area contributed by atoms with Gasteiger partial charge in [-0.3, -0.25) is 0 Å². The molecule has 0 bridgehead atoms. The normalized spacial score (nSPS) is 18.3. The summed E-state index contributed by atoms with van der Waals surface area (Å²) in [7, 11) is 0. The second kappa shape index (κ2) is 3.81. The third kappa shape index (κ3) is 2.29. The average molecular weight is 209 g/mol. The van der Waals surface area contributed by atoms with Crippen molar-refractivity contribution < 1.29 is 9.13 Å². The molecular weight excluding hydrogens is 193 g/mol. The Morgan fingerprint density at radius 1 is 1.47 bits per heavy atom. The lowest BCUT2D eigenvalue weighted by atomic mass is 9.88. The Kier molecular flexibility index (Phi) is 2.65. The van der Waals surface area contributed by atoms with Crippen molar-refractivity contribution in [3.05, 3.63) is 29.6 Å². The lowest BCUT2D eigenvalue weighted by molar-refractivity contribution is -0.0924. The van der Waals surface area contributed by atoms with E-state index in [1.807, 2.05) is 6.92 Å². The Labute approximate surface area is 89.4 Å². The van der Waals surface area contributed by atoms with Crippen molar-refractivity contribution in [1.29, 1.82) is 0 Å². The van der Waals surface area contributed by atoms with Crippen molar-refractivity contribution >= 4 is 5.69 Å². The van der Waals surface area contributed by atoms with Gasteiger partial charge in [-0.05, 0) is 30.7 Å². The fourth-order valence-electron chi connectivity index (χ4n) is 1.69. The molecule has 2 nitrogen and oxygen atoms in total. The van der Waals surface area contributed by atoms with Crippen LogP contribution in [0.2, 0.25) is 0 Å². The van der Waals surface area contributed by atoms with E-state index in [0.29, 0.717) is 0 Å². The molecule has 1 aromatic rings. The van der Waals surface area contributed by atoms with E-state index in [-0.39, 0.29) is 11.2 Å². The van der Waals surface area contributed by atoms with Crippen LogP contribution in [-0.4, -0.2) is 19.8 Å². The van der Waals surface area contributed by atoms with Gasteiger partial charge in [-0.25, -0.2) is 4.39 Å². The minimum Gasteiger partial charge on any atom is -0.384 e. The predicted octanol–water partition coefficient (Wildman–Crippen LogP) is 2.58. The monoisotopic (exact) mass is 209 g/mol. The van der Waals surface area contributed by atoms with E-state index in [4.69, 9.17) is 4.74 Å². The predicted molar refractivity (Wildman–Crippen MR) is 58.6 cm³/mol. The van der Waals surface area contributed by atoms with Crippen LogP contribution in [0.3, 0.4) is 0 Å². The Morgan fingerprint density at radius 2 is 2.20 bits per heavy atom. The summed E-state index contributed by atoms with van der Waals surface area (Å²) in [6, 6.07) is 4.81. The third-order valence-corrected chi connectivity index (χ3v) is 2.80. The van der Waals surface area contributed by atoms with Gasteiger partial charge in [0.25, 0.3) is 0 Å². The number of rotatable bonds is 3. The van der Waals surface area contributed by atoms with E-state index >= 15 is 0 Å². The minimum atomic E-state index is -0.184. The first kappa shape index (κ1) is 10.4.